The molecule has 0 bridgehead atoms. The number of benzene rings is 3. The van der Waals surface area contributed by atoms with Crippen molar-refractivity contribution in [1.29, 1.82) is 0 Å². The molecule has 34 heavy (non-hydrogen) atoms. The number of nitrogens with zero attached hydrogens (tertiary/aromatic N) is 1. The number of hydrogen-bond acceptors (Lipinski definition) is 2. The van der Waals surface area contributed by atoms with E-state index in [1.165, 1.54) is 59.5 Å². The molecule has 7 rings (SSSR count). The molecule has 2 heterocycles. The molecule has 2 N–H and O–H groups in total. The van der Waals surface area contributed by atoms with Crippen LogP contribution in [-0.4, -0.2) is 4.57 Å². The van der Waals surface area contributed by atoms with Crippen LogP contribution in [-0.2, 0) is 12.8 Å². The molecule has 3 heteroatoms. The average Bonchev–Trinajstić information content (AvgIpc) is 3.40. The molecule has 2 aliphatic carbocycles. The summed E-state index contributed by atoms with van der Waals surface area (Å²) in [5.41, 5.74) is 16.7. The molecule has 3 aromatic carbocycles. The van der Waals surface area contributed by atoms with E-state index >= 15 is 0 Å². The predicted octanol–water partition coefficient (Wildman–Crippen LogP) is 8.12. The standard InChI is InChI=1S/C31H26N2S/c1-19-17-30-25(23-12-8-13-26(32)31(23)34-30)18-24(19)22-11-4-7-16-29(22)33-27-14-5-2-9-20(27)21-10-3-6-15-28(21)33/h2,4-9,11-16,18-19H,3,10,17,32H2,1H3. The minimum atomic E-state index is 0.441. The van der Waals surface area contributed by atoms with Crippen LogP contribution in [0.4, 0.5) is 5.69 Å². The molecule has 0 aliphatic heterocycles. The number of nitrogens with two attached hydrogens (primary N) is 1. The fraction of sp³-hybridized carbons (Fsp3) is 0.161. The van der Waals surface area contributed by atoms with E-state index in [1.807, 2.05) is 17.4 Å². The quantitative estimate of drug-likeness (QED) is 0.266. The number of para-hydroxylation sites is 2. The fourth-order valence-corrected chi connectivity index (χ4v) is 7.24. The van der Waals surface area contributed by atoms with Crippen molar-refractivity contribution in [2.45, 2.75) is 26.2 Å². The topological polar surface area (TPSA) is 30.9 Å². The Hall–Kier alpha value is -3.56. The summed E-state index contributed by atoms with van der Waals surface area (Å²) in [7, 11) is 0. The highest BCUT2D eigenvalue weighted by molar-refractivity contribution is 7.20. The van der Waals surface area contributed by atoms with E-state index in [9.17, 15) is 0 Å². The molecule has 2 nitrogen and oxygen atoms in total. The summed E-state index contributed by atoms with van der Waals surface area (Å²) in [6, 6.07) is 24.1. The molecule has 166 valence electrons. The summed E-state index contributed by atoms with van der Waals surface area (Å²) in [5, 5.41) is 2.66. The number of allylic oxidation sites excluding steroid dienone is 2. The lowest BCUT2D eigenvalue weighted by molar-refractivity contribution is 0.747. The third kappa shape index (κ3) is 2.80. The van der Waals surface area contributed by atoms with E-state index in [4.69, 9.17) is 5.73 Å². The maximum Gasteiger partial charge on any atom is 0.0581 e. The molecule has 2 aliphatic rings. The van der Waals surface area contributed by atoms with Crippen molar-refractivity contribution in [2.75, 3.05) is 5.73 Å². The van der Waals surface area contributed by atoms with Crippen LogP contribution in [0.2, 0.25) is 0 Å². The zero-order valence-corrected chi connectivity index (χ0v) is 20.0. The number of rotatable bonds is 2. The zero-order valence-electron chi connectivity index (χ0n) is 19.2. The maximum atomic E-state index is 6.33. The minimum Gasteiger partial charge on any atom is -0.398 e. The van der Waals surface area contributed by atoms with Crippen LogP contribution >= 0.6 is 11.3 Å². The van der Waals surface area contributed by atoms with Crippen LogP contribution in [0.3, 0.4) is 0 Å². The number of thiophene rings is 1. The second kappa shape index (κ2) is 7.48. The number of aromatic nitrogens is 1. The number of aryl methyl sites for hydroxylation is 1. The molecule has 1 unspecified atom stereocenters. The SMILES string of the molecule is CC1Cc2sc3c(N)cccc3c2C=C1c1ccccc1-n1c2c(c3ccccc31)CCC=C2. The van der Waals surface area contributed by atoms with Gasteiger partial charge in [-0.05, 0) is 72.2 Å². The summed E-state index contributed by atoms with van der Waals surface area (Å²) < 4.78 is 3.71. The summed E-state index contributed by atoms with van der Waals surface area (Å²) >= 11 is 1.87. The van der Waals surface area contributed by atoms with Gasteiger partial charge < -0.3 is 10.3 Å². The summed E-state index contributed by atoms with van der Waals surface area (Å²) in [6.45, 7) is 2.36. The van der Waals surface area contributed by atoms with Crippen LogP contribution in [0.15, 0.2) is 72.8 Å². The Morgan fingerprint density at radius 3 is 2.71 bits per heavy atom. The van der Waals surface area contributed by atoms with Crippen molar-refractivity contribution in [1.82, 2.24) is 4.57 Å². The molecule has 0 amide bonds. The van der Waals surface area contributed by atoms with Crippen molar-refractivity contribution in [2.24, 2.45) is 5.92 Å². The highest BCUT2D eigenvalue weighted by atomic mass is 32.1. The monoisotopic (exact) mass is 458 g/mol. The van der Waals surface area contributed by atoms with Crippen molar-refractivity contribution >= 4 is 55.7 Å². The second-order valence-corrected chi connectivity index (χ2v) is 10.6. The molecule has 0 saturated heterocycles. The lowest BCUT2D eigenvalue weighted by atomic mass is 9.83. The van der Waals surface area contributed by atoms with E-state index in [0.29, 0.717) is 5.92 Å². The molecular formula is C31H26N2S. The second-order valence-electron chi connectivity index (χ2n) is 9.54. The third-order valence-corrected chi connectivity index (χ3v) is 8.79. The van der Waals surface area contributed by atoms with Gasteiger partial charge in [0.05, 0.1) is 15.9 Å². The van der Waals surface area contributed by atoms with Gasteiger partial charge in [-0.2, -0.15) is 0 Å². The van der Waals surface area contributed by atoms with Crippen molar-refractivity contribution in [3.8, 4) is 5.69 Å². The Balaban J connectivity index is 1.49. The molecule has 2 aromatic heterocycles. The molecule has 0 saturated carbocycles. The van der Waals surface area contributed by atoms with E-state index in [0.717, 1.165) is 24.9 Å². The molecule has 5 aromatic rings. The van der Waals surface area contributed by atoms with Gasteiger partial charge in [-0.15, -0.1) is 11.3 Å². The lowest BCUT2D eigenvalue weighted by Crippen LogP contribution is -2.10. The van der Waals surface area contributed by atoms with Gasteiger partial charge in [0.25, 0.3) is 0 Å². The summed E-state index contributed by atoms with van der Waals surface area (Å²) in [6.07, 6.45) is 10.3. The molecule has 0 radical (unpaired) electrons. The molecule has 0 spiro atoms. The predicted molar refractivity (Wildman–Crippen MR) is 148 cm³/mol. The Labute approximate surface area is 203 Å². The van der Waals surface area contributed by atoms with Crippen LogP contribution in [0.1, 0.15) is 40.6 Å². The van der Waals surface area contributed by atoms with E-state index in [-0.39, 0.29) is 0 Å². The van der Waals surface area contributed by atoms with Crippen LogP contribution in [0.25, 0.3) is 44.4 Å². The first-order valence-electron chi connectivity index (χ1n) is 12.1. The average molecular weight is 459 g/mol. The first-order chi connectivity index (χ1) is 16.7. The van der Waals surface area contributed by atoms with Crippen molar-refractivity contribution in [3.63, 3.8) is 0 Å². The number of hydrogen-bond donors (Lipinski definition) is 1. The number of anilines is 1. The number of nitrogen functional groups attached to an aromatic ring is 1. The van der Waals surface area contributed by atoms with Crippen LogP contribution < -0.4 is 5.73 Å². The maximum absolute atomic E-state index is 6.33. The van der Waals surface area contributed by atoms with Gasteiger partial charge >= 0.3 is 0 Å². The molecule has 1 atom stereocenters. The van der Waals surface area contributed by atoms with Gasteiger partial charge in [0.1, 0.15) is 0 Å². The van der Waals surface area contributed by atoms with E-state index in [1.54, 1.807) is 0 Å². The van der Waals surface area contributed by atoms with Crippen molar-refractivity contribution in [3.05, 3.63) is 100 Å². The first kappa shape index (κ1) is 19.9. The van der Waals surface area contributed by atoms with Crippen molar-refractivity contribution < 1.29 is 0 Å². The molecule has 0 fully saturated rings. The van der Waals surface area contributed by atoms with Gasteiger partial charge in [-0.25, -0.2) is 0 Å². The lowest BCUT2D eigenvalue weighted by Gasteiger charge is -2.24. The summed E-state index contributed by atoms with van der Waals surface area (Å²) in [5.74, 6) is 0.441. The zero-order chi connectivity index (χ0) is 22.8. The Bertz CT molecular complexity index is 1660. The Kier molecular flexibility index (Phi) is 4.37. The molecular weight excluding hydrogens is 432 g/mol. The van der Waals surface area contributed by atoms with Gasteiger partial charge in [-0.1, -0.05) is 61.5 Å². The van der Waals surface area contributed by atoms with E-state index in [2.05, 4.69) is 90.4 Å². The van der Waals surface area contributed by atoms with Gasteiger partial charge in [-0.3, -0.25) is 0 Å². The fourth-order valence-electron chi connectivity index (χ4n) is 5.91. The first-order valence-corrected chi connectivity index (χ1v) is 12.9. The highest BCUT2D eigenvalue weighted by Gasteiger charge is 2.26. The normalized spacial score (nSPS) is 17.1. The van der Waals surface area contributed by atoms with E-state index < -0.39 is 0 Å². The van der Waals surface area contributed by atoms with Gasteiger partial charge in [0.15, 0.2) is 0 Å². The van der Waals surface area contributed by atoms with Crippen LogP contribution in [0.5, 0.6) is 0 Å². The largest absolute Gasteiger partial charge is 0.398 e. The van der Waals surface area contributed by atoms with Gasteiger partial charge in [0, 0.05) is 32.6 Å². The van der Waals surface area contributed by atoms with Crippen LogP contribution in [0, 0.1) is 5.92 Å². The smallest absolute Gasteiger partial charge is 0.0581 e. The third-order valence-electron chi connectivity index (χ3n) is 7.50. The Morgan fingerprint density at radius 1 is 0.941 bits per heavy atom. The minimum absolute atomic E-state index is 0.441. The Morgan fingerprint density at radius 2 is 1.76 bits per heavy atom. The highest BCUT2D eigenvalue weighted by Crippen LogP contribution is 2.45. The summed E-state index contributed by atoms with van der Waals surface area (Å²) in [4.78, 5) is 1.45. The van der Waals surface area contributed by atoms with Gasteiger partial charge in [0.2, 0.25) is 0 Å². The number of fused-ring (bicyclic) bond motifs is 6.